The Labute approximate surface area is 116 Å². The third-order valence-corrected chi connectivity index (χ3v) is 2.03. The van der Waals surface area contributed by atoms with Crippen molar-refractivity contribution in [1.82, 2.24) is 0 Å². The van der Waals surface area contributed by atoms with Gasteiger partial charge in [-0.25, -0.2) is 0 Å². The van der Waals surface area contributed by atoms with Gasteiger partial charge in [0, 0.05) is 0 Å². The Hall–Kier alpha value is -0.452. The van der Waals surface area contributed by atoms with Gasteiger partial charge in [0.2, 0.25) is 0 Å². The van der Waals surface area contributed by atoms with Crippen molar-refractivity contribution >= 4 is 11.9 Å². The van der Waals surface area contributed by atoms with Gasteiger partial charge in [-0.2, -0.15) is 28.2 Å². The van der Waals surface area contributed by atoms with Gasteiger partial charge in [-0.05, 0) is 19.3 Å². The third kappa shape index (κ3) is 7.47. The summed E-state index contributed by atoms with van der Waals surface area (Å²) in [6.07, 6.45) is 1.26. The van der Waals surface area contributed by atoms with Crippen molar-refractivity contribution in [3.05, 3.63) is 10.6 Å². The van der Waals surface area contributed by atoms with E-state index in [0.717, 1.165) is 0 Å². The first kappa shape index (κ1) is 21.8. The maximum absolute atomic E-state index is 10.4. The summed E-state index contributed by atoms with van der Waals surface area (Å²) in [7, 11) is 7.00. The molecule has 0 spiro atoms. The van der Waals surface area contributed by atoms with Crippen molar-refractivity contribution in [3.63, 3.8) is 0 Å². The van der Waals surface area contributed by atoms with Crippen LogP contribution in [-0.2, 0) is 30.7 Å². The van der Waals surface area contributed by atoms with E-state index in [9.17, 15) is 9.59 Å². The summed E-state index contributed by atoms with van der Waals surface area (Å²) in [6.45, 7) is 0. The summed E-state index contributed by atoms with van der Waals surface area (Å²) in [5.41, 5.74) is -1.44. The number of hydrogen-bond donors (Lipinski definition) is 2. The molecule has 1 aliphatic carbocycles. The topological polar surface area (TPSA) is 103 Å². The fourth-order valence-electron chi connectivity index (χ4n) is 1.05. The molecule has 2 N–H and O–H groups in total. The van der Waals surface area contributed by atoms with E-state index in [4.69, 9.17) is 10.2 Å². The molecule has 0 saturated heterocycles. The molecular weight excluding hydrogens is 407 g/mol. The fourth-order valence-corrected chi connectivity index (χ4v) is 1.05. The van der Waals surface area contributed by atoms with Gasteiger partial charge < -0.3 is 20.8 Å². The van der Waals surface area contributed by atoms with Crippen LogP contribution in [0.5, 0.6) is 0 Å². The second-order valence-electron chi connectivity index (χ2n) is 3.44. The summed E-state index contributed by atoms with van der Waals surface area (Å²) < 4.78 is 0. The van der Waals surface area contributed by atoms with Crippen LogP contribution >= 0.6 is 0 Å². The van der Waals surface area contributed by atoms with E-state index >= 15 is 0 Å². The van der Waals surface area contributed by atoms with E-state index < -0.39 is 17.4 Å². The molecule has 1 rings (SSSR count). The Morgan fingerprint density at radius 2 is 1.18 bits per heavy atom. The predicted molar refractivity (Wildman–Crippen MR) is 62.0 cm³/mol. The second kappa shape index (κ2) is 12.0. The van der Waals surface area contributed by atoms with Crippen molar-refractivity contribution in [3.8, 4) is 0 Å². The minimum atomic E-state index is -1.44. The summed E-state index contributed by atoms with van der Waals surface area (Å²) in [4.78, 5) is 20.7. The van der Waals surface area contributed by atoms with Crippen LogP contribution in [0.2, 0.25) is 0 Å². The van der Waals surface area contributed by atoms with Crippen LogP contribution in [0.15, 0.2) is 0 Å². The average Bonchev–Trinajstić information content (AvgIpc) is 2.01. The van der Waals surface area contributed by atoms with E-state index in [1.54, 1.807) is 28.2 Å². The minimum absolute atomic E-state index is 0. The normalized spacial score (nSPS) is 14.6. The summed E-state index contributed by atoms with van der Waals surface area (Å²) in [6, 6.07) is 0. The molecule has 0 aliphatic heterocycles. The zero-order valence-electron chi connectivity index (χ0n) is 10.5. The number of carbonyl (C=O) groups is 2. The maximum atomic E-state index is 10.4. The van der Waals surface area contributed by atoms with Crippen LogP contribution in [0.3, 0.4) is 0 Å². The minimum Gasteiger partial charge on any atom is -0.668 e. The van der Waals surface area contributed by atoms with E-state index in [-0.39, 0.29) is 33.9 Å². The van der Waals surface area contributed by atoms with Crippen LogP contribution in [-0.4, -0.2) is 50.3 Å². The summed E-state index contributed by atoms with van der Waals surface area (Å²) in [5, 5.41) is 23.9. The van der Waals surface area contributed by atoms with Crippen LogP contribution < -0.4 is 0 Å². The second-order valence-corrected chi connectivity index (χ2v) is 3.44. The molecule has 1 aliphatic rings. The van der Waals surface area contributed by atoms with Crippen molar-refractivity contribution < 1.29 is 40.9 Å². The summed E-state index contributed by atoms with van der Waals surface area (Å²) in [5.74, 6) is -2.41. The molecule has 7 heteroatoms. The summed E-state index contributed by atoms with van der Waals surface area (Å²) >= 11 is 0. The molecule has 0 unspecified atom stereocenters. The molecule has 0 atom stereocenters. The van der Waals surface area contributed by atoms with E-state index in [0.29, 0.717) is 6.42 Å². The first-order valence-corrected chi connectivity index (χ1v) is 4.85. The molecule has 1 fully saturated rings. The molecule has 1 saturated carbocycles. The molecule has 0 amide bonds. The number of carboxylic acids is 2. The van der Waals surface area contributed by atoms with Gasteiger partial charge >= 0.3 is 33.0 Å². The molecule has 0 bridgehead atoms. The number of carboxylic acid groups (broad SMARTS) is 2. The molecule has 104 valence electrons. The number of nitrogens with zero attached hydrogens (tertiary/aromatic N) is 2. The SMILES string of the molecule is C[N-]C.C[N-]C.O=C(O)C1(C(=O)O)CCC1.[Pt+2]. The van der Waals surface area contributed by atoms with Gasteiger partial charge in [-0.15, -0.1) is 0 Å². The van der Waals surface area contributed by atoms with Crippen LogP contribution in [0, 0.1) is 5.41 Å². The Bertz CT molecular complexity index is 202. The van der Waals surface area contributed by atoms with Gasteiger partial charge in [0.05, 0.1) is 0 Å². The first-order chi connectivity index (χ1) is 7.42. The quantitative estimate of drug-likeness (QED) is 0.653. The molecule has 0 aromatic carbocycles. The predicted octanol–water partition coefficient (Wildman–Crippen LogP) is 1.56. The number of aliphatic carboxylic acids is 2. The average molecular weight is 427 g/mol. The Kier molecular flexibility index (Phi) is 15.4. The van der Waals surface area contributed by atoms with E-state index in [2.05, 4.69) is 10.6 Å². The van der Waals surface area contributed by atoms with E-state index in [1.165, 1.54) is 0 Å². The van der Waals surface area contributed by atoms with Crippen molar-refractivity contribution in [2.45, 2.75) is 19.3 Å². The Morgan fingerprint density at radius 3 is 1.18 bits per heavy atom. The largest absolute Gasteiger partial charge is 2.00 e. The van der Waals surface area contributed by atoms with Gasteiger partial charge in [-0.3, -0.25) is 9.59 Å². The van der Waals surface area contributed by atoms with Crippen molar-refractivity contribution in [1.29, 1.82) is 0 Å². The van der Waals surface area contributed by atoms with Crippen molar-refractivity contribution in [2.75, 3.05) is 28.2 Å². The fraction of sp³-hybridized carbons (Fsp3) is 0.800. The Balaban J connectivity index is -0.000000240. The molecule has 0 aromatic heterocycles. The monoisotopic (exact) mass is 427 g/mol. The molecular formula is C10H20N2O4Pt. The smallest absolute Gasteiger partial charge is 0.668 e. The van der Waals surface area contributed by atoms with Gasteiger partial charge in [-0.1, -0.05) is 0 Å². The molecule has 0 radical (unpaired) electrons. The van der Waals surface area contributed by atoms with E-state index in [1.807, 2.05) is 0 Å². The standard InChI is InChI=1S/C6H8O4.2C2H6N.Pt/c7-4(8)6(5(9)10)2-1-3-6;2*1-3-2;/h1-3H2,(H,7,8)(H,9,10);2*1-2H3;/q;2*-1;+2. The van der Waals surface area contributed by atoms with Gasteiger partial charge in [0.15, 0.2) is 5.41 Å². The maximum Gasteiger partial charge on any atom is 2.00 e. The van der Waals surface area contributed by atoms with Gasteiger partial charge in [0.1, 0.15) is 0 Å². The molecule has 17 heavy (non-hydrogen) atoms. The van der Waals surface area contributed by atoms with Crippen LogP contribution in [0.25, 0.3) is 10.6 Å². The third-order valence-electron chi connectivity index (χ3n) is 2.03. The zero-order chi connectivity index (χ0) is 13.2. The van der Waals surface area contributed by atoms with Gasteiger partial charge in [0.25, 0.3) is 0 Å². The van der Waals surface area contributed by atoms with Crippen LogP contribution in [0.1, 0.15) is 19.3 Å². The zero-order valence-corrected chi connectivity index (χ0v) is 12.8. The number of hydrogen-bond acceptors (Lipinski definition) is 2. The molecule has 0 heterocycles. The molecule has 6 nitrogen and oxygen atoms in total. The first-order valence-electron chi connectivity index (χ1n) is 4.85. The number of rotatable bonds is 2. The molecule has 0 aromatic rings. The van der Waals surface area contributed by atoms with Crippen molar-refractivity contribution in [2.24, 2.45) is 5.41 Å². The Morgan fingerprint density at radius 1 is 0.941 bits per heavy atom. The van der Waals surface area contributed by atoms with Crippen LogP contribution in [0.4, 0.5) is 0 Å².